The molecule has 0 aromatic heterocycles. The summed E-state index contributed by atoms with van der Waals surface area (Å²) in [5.41, 5.74) is -3.15. The Morgan fingerprint density at radius 2 is 1.67 bits per heavy atom. The topological polar surface area (TPSA) is 118 Å². The van der Waals surface area contributed by atoms with Gasteiger partial charge in [-0.15, -0.1) is 0 Å². The second kappa shape index (κ2) is 7.86. The number of rotatable bonds is 5. The summed E-state index contributed by atoms with van der Waals surface area (Å²) < 4.78 is 0. The first kappa shape index (κ1) is 25.3. The molecule has 4 aliphatic carbocycles. The van der Waals surface area contributed by atoms with E-state index < -0.39 is 39.8 Å². The zero-order valence-corrected chi connectivity index (χ0v) is 21.0. The van der Waals surface area contributed by atoms with E-state index in [4.69, 9.17) is 0 Å². The molecule has 0 bridgehead atoms. The molecule has 0 unspecified atom stereocenters. The standard InChI is InChI=1S/C27H44O6/c1-23(2,31)9-6-10-26(5,32)22-8-12-27(33)17-13-19(28)18-14-20(29)21(30)15-24(18,3)16(17)7-11-25(22,27)4/h13,16,18,20-22,29-33H,6-12,14-15H2,1-5H3/t16-,18-,20+,21-,22-,24+,25+,26-,27+/m0/s1. The second-order valence-corrected chi connectivity index (χ2v) is 13.1. The third kappa shape index (κ3) is 3.85. The number of fused-ring (bicyclic) bond motifs is 5. The minimum Gasteiger partial charge on any atom is -0.390 e. The van der Waals surface area contributed by atoms with Crippen LogP contribution in [-0.4, -0.2) is 60.3 Å². The number of carbonyl (C=O) groups excluding carboxylic acids is 1. The van der Waals surface area contributed by atoms with Crippen molar-refractivity contribution in [3.8, 4) is 0 Å². The van der Waals surface area contributed by atoms with Crippen molar-refractivity contribution in [3.63, 3.8) is 0 Å². The molecule has 4 rings (SSSR count). The van der Waals surface area contributed by atoms with Crippen molar-refractivity contribution in [2.45, 2.75) is 121 Å². The van der Waals surface area contributed by atoms with Gasteiger partial charge in [0.05, 0.1) is 29.0 Å². The first-order valence-corrected chi connectivity index (χ1v) is 12.8. The summed E-state index contributed by atoms with van der Waals surface area (Å²) in [6, 6.07) is 0. The Morgan fingerprint density at radius 1 is 1.00 bits per heavy atom. The highest BCUT2D eigenvalue weighted by Crippen LogP contribution is 2.68. The lowest BCUT2D eigenvalue weighted by atomic mass is 9.45. The third-order valence-electron chi connectivity index (χ3n) is 10.3. The molecule has 0 heterocycles. The van der Waals surface area contributed by atoms with Crippen LogP contribution >= 0.6 is 0 Å². The molecule has 0 radical (unpaired) electrons. The van der Waals surface area contributed by atoms with Crippen molar-refractivity contribution in [1.82, 2.24) is 0 Å². The van der Waals surface area contributed by atoms with E-state index in [1.807, 2.05) is 13.8 Å². The Morgan fingerprint density at radius 3 is 2.30 bits per heavy atom. The van der Waals surface area contributed by atoms with Crippen LogP contribution in [0.3, 0.4) is 0 Å². The maximum absolute atomic E-state index is 13.2. The number of hydrogen-bond acceptors (Lipinski definition) is 6. The van der Waals surface area contributed by atoms with E-state index in [0.29, 0.717) is 38.5 Å². The van der Waals surface area contributed by atoms with E-state index in [0.717, 1.165) is 18.4 Å². The van der Waals surface area contributed by atoms with Crippen LogP contribution in [0.2, 0.25) is 0 Å². The van der Waals surface area contributed by atoms with Crippen LogP contribution < -0.4 is 0 Å². The summed E-state index contributed by atoms with van der Waals surface area (Å²) >= 11 is 0. The van der Waals surface area contributed by atoms with E-state index in [1.54, 1.807) is 19.9 Å². The quantitative estimate of drug-likeness (QED) is 0.427. The van der Waals surface area contributed by atoms with Crippen molar-refractivity contribution >= 4 is 5.78 Å². The molecule has 0 saturated heterocycles. The summed E-state index contributed by atoms with van der Waals surface area (Å²) in [6.07, 6.45) is 5.14. The molecule has 6 heteroatoms. The highest BCUT2D eigenvalue weighted by Gasteiger charge is 2.68. The van der Waals surface area contributed by atoms with Crippen LogP contribution in [-0.2, 0) is 4.79 Å². The molecule has 0 aromatic rings. The average molecular weight is 465 g/mol. The van der Waals surface area contributed by atoms with Crippen molar-refractivity contribution < 1.29 is 30.3 Å². The average Bonchev–Trinajstić information content (AvgIpc) is 2.95. The lowest BCUT2D eigenvalue weighted by molar-refractivity contribution is -0.160. The SMILES string of the molecule is CC(C)(O)CCC[C@](C)(O)[C@H]1CC[C@@]2(O)C3=CC(=O)[C@@H]4C[C@@H](O)[C@@H](O)C[C@]4(C)[C@H]3CC[C@]12C. The zero-order valence-electron chi connectivity index (χ0n) is 21.0. The van der Waals surface area contributed by atoms with Crippen LogP contribution in [0.4, 0.5) is 0 Å². The zero-order chi connectivity index (χ0) is 24.6. The predicted molar refractivity (Wildman–Crippen MR) is 125 cm³/mol. The fourth-order valence-corrected chi connectivity index (χ4v) is 8.42. The Bertz CT molecular complexity index is 827. The molecule has 0 aliphatic heterocycles. The molecule has 6 nitrogen and oxygen atoms in total. The van der Waals surface area contributed by atoms with E-state index >= 15 is 0 Å². The molecule has 0 spiro atoms. The van der Waals surface area contributed by atoms with Crippen LogP contribution in [0.1, 0.15) is 92.4 Å². The van der Waals surface area contributed by atoms with Crippen LogP contribution in [0.5, 0.6) is 0 Å². The van der Waals surface area contributed by atoms with Crippen LogP contribution in [0, 0.1) is 28.6 Å². The van der Waals surface area contributed by atoms with Gasteiger partial charge in [-0.3, -0.25) is 4.79 Å². The van der Waals surface area contributed by atoms with Gasteiger partial charge in [0.15, 0.2) is 5.78 Å². The molecular weight excluding hydrogens is 420 g/mol. The number of allylic oxidation sites excluding steroid dienone is 1. The summed E-state index contributed by atoms with van der Waals surface area (Å²) in [5.74, 6) is -0.509. The van der Waals surface area contributed by atoms with Gasteiger partial charge < -0.3 is 25.5 Å². The fourth-order valence-electron chi connectivity index (χ4n) is 8.42. The van der Waals surface area contributed by atoms with E-state index in [1.165, 1.54) is 0 Å². The Kier molecular flexibility index (Phi) is 6.03. The Balaban J connectivity index is 1.64. The first-order chi connectivity index (χ1) is 15.1. The summed E-state index contributed by atoms with van der Waals surface area (Å²) in [7, 11) is 0. The van der Waals surface area contributed by atoms with Gasteiger partial charge in [0, 0.05) is 11.3 Å². The number of hydrogen-bond donors (Lipinski definition) is 5. The maximum atomic E-state index is 13.2. The summed E-state index contributed by atoms with van der Waals surface area (Å²) in [5, 5.41) is 54.5. The lowest BCUT2D eigenvalue weighted by Crippen LogP contribution is -2.61. The Hall–Kier alpha value is -0.790. The van der Waals surface area contributed by atoms with Gasteiger partial charge >= 0.3 is 0 Å². The predicted octanol–water partition coefficient (Wildman–Crippen LogP) is 2.88. The first-order valence-electron chi connectivity index (χ1n) is 12.8. The molecule has 5 N–H and O–H groups in total. The maximum Gasteiger partial charge on any atom is 0.159 e. The van der Waals surface area contributed by atoms with Crippen molar-refractivity contribution in [3.05, 3.63) is 11.6 Å². The molecule has 3 saturated carbocycles. The summed E-state index contributed by atoms with van der Waals surface area (Å²) in [4.78, 5) is 13.2. The van der Waals surface area contributed by atoms with Gasteiger partial charge in [0.1, 0.15) is 0 Å². The van der Waals surface area contributed by atoms with Gasteiger partial charge in [-0.2, -0.15) is 0 Å². The minimum atomic E-state index is -1.16. The minimum absolute atomic E-state index is 0.0145. The van der Waals surface area contributed by atoms with Crippen molar-refractivity contribution in [1.29, 1.82) is 0 Å². The van der Waals surface area contributed by atoms with Crippen LogP contribution in [0.25, 0.3) is 0 Å². The van der Waals surface area contributed by atoms with E-state index in [9.17, 15) is 30.3 Å². The lowest BCUT2D eigenvalue weighted by Gasteiger charge is -2.60. The second-order valence-electron chi connectivity index (χ2n) is 13.1. The molecule has 0 amide bonds. The van der Waals surface area contributed by atoms with Gasteiger partial charge in [-0.05, 0) is 107 Å². The van der Waals surface area contributed by atoms with Crippen molar-refractivity contribution in [2.24, 2.45) is 28.6 Å². The molecular formula is C27H44O6. The Labute approximate surface area is 198 Å². The van der Waals surface area contributed by atoms with Crippen molar-refractivity contribution in [2.75, 3.05) is 0 Å². The fraction of sp³-hybridized carbons (Fsp3) is 0.889. The molecule has 9 atom stereocenters. The number of ketones is 1. The number of aliphatic hydroxyl groups excluding tert-OH is 2. The van der Waals surface area contributed by atoms with Crippen LogP contribution in [0.15, 0.2) is 11.6 Å². The number of aliphatic hydroxyl groups is 5. The molecule has 33 heavy (non-hydrogen) atoms. The highest BCUT2D eigenvalue weighted by atomic mass is 16.3. The third-order valence-corrected chi connectivity index (χ3v) is 10.3. The largest absolute Gasteiger partial charge is 0.390 e. The van der Waals surface area contributed by atoms with Gasteiger partial charge in [-0.1, -0.05) is 13.8 Å². The normalized spacial score (nSPS) is 47.3. The highest BCUT2D eigenvalue weighted by molar-refractivity contribution is 5.95. The van der Waals surface area contributed by atoms with Gasteiger partial charge in [0.2, 0.25) is 0 Å². The smallest absolute Gasteiger partial charge is 0.159 e. The summed E-state index contributed by atoms with van der Waals surface area (Å²) in [6.45, 7) is 9.54. The number of carbonyl (C=O) groups is 1. The molecule has 4 aliphatic rings. The molecule has 3 fully saturated rings. The van der Waals surface area contributed by atoms with Gasteiger partial charge in [0.25, 0.3) is 0 Å². The van der Waals surface area contributed by atoms with E-state index in [2.05, 4.69) is 6.92 Å². The molecule has 188 valence electrons. The van der Waals surface area contributed by atoms with Gasteiger partial charge in [-0.25, -0.2) is 0 Å². The molecule has 0 aromatic carbocycles. The van der Waals surface area contributed by atoms with E-state index in [-0.39, 0.29) is 30.0 Å². The monoisotopic (exact) mass is 464 g/mol.